The summed E-state index contributed by atoms with van der Waals surface area (Å²) in [5.74, 6) is 0. The number of halogens is 2. The van der Waals surface area contributed by atoms with Crippen LogP contribution < -0.4 is 5.73 Å². The number of ether oxygens (including phenoxy) is 2. The van der Waals surface area contributed by atoms with Crippen LogP contribution in [0.1, 0.15) is 124 Å². The number of pyridine rings is 2. The van der Waals surface area contributed by atoms with Gasteiger partial charge in [0.05, 0.1) is 59.2 Å². The molecule has 408 valence electrons. The molecule has 10 rings (SSSR count). The van der Waals surface area contributed by atoms with Crippen molar-refractivity contribution in [3.8, 4) is 0 Å². The first kappa shape index (κ1) is 55.7. The Labute approximate surface area is 466 Å². The first-order valence-electron chi connectivity index (χ1n) is 26.1. The van der Waals surface area contributed by atoms with Gasteiger partial charge in [-0.2, -0.15) is 0 Å². The minimum Gasteiger partial charge on any atom is -0.444 e. The summed E-state index contributed by atoms with van der Waals surface area (Å²) in [6.07, 6.45) is 14.2. The Hall–Kier alpha value is -7.05. The van der Waals surface area contributed by atoms with Gasteiger partial charge in [0.2, 0.25) is 0 Å². The van der Waals surface area contributed by atoms with E-state index in [4.69, 9.17) is 48.4 Å². The Morgan fingerprint density at radius 1 is 0.641 bits per heavy atom. The highest BCUT2D eigenvalue weighted by Gasteiger charge is 2.42. The normalized spacial score (nSPS) is 19.2. The molecule has 2 aliphatic heterocycles. The van der Waals surface area contributed by atoms with E-state index in [2.05, 4.69) is 54.1 Å². The van der Waals surface area contributed by atoms with Crippen LogP contribution in [0.3, 0.4) is 0 Å². The molecule has 4 unspecified atom stereocenters. The van der Waals surface area contributed by atoms with E-state index in [0.29, 0.717) is 62.4 Å². The first-order chi connectivity index (χ1) is 37.0. The summed E-state index contributed by atoms with van der Waals surface area (Å²) in [5.41, 5.74) is 24.9. The molecule has 2 aromatic carbocycles. The standard InChI is InChI=1S/C29H33ClN8O2.C29H35ClN6O2/c1-28(2,3)40-27(39)38-13-11-37(12-14-38)26-21-9-8-20(30)16-22(21)23(15-19-7-6-10-33-25(19)26)29(4,34-35-31)24-17-32-18-36(24)5;1-28(2,3)38-27(37)36-13-11-35(12-14-36)26-21-9-8-20(30)16-22(21)23(15-19-7-6-10-33-25(19)26)29(4,31)24-17-32-18-34(24)5/h6-10,15-18,26H,11-14H2,1-5H3;6-10,15-18,26H,11-14,31H2,1-5H3. The molecule has 18 nitrogen and oxygen atoms in total. The number of aromatic nitrogens is 6. The van der Waals surface area contributed by atoms with Gasteiger partial charge in [0.25, 0.3) is 0 Å². The maximum Gasteiger partial charge on any atom is 0.410 e. The average molecular weight is 1100 g/mol. The quantitative estimate of drug-likeness (QED) is 0.0905. The van der Waals surface area contributed by atoms with Crippen molar-refractivity contribution in [2.24, 2.45) is 24.9 Å². The number of piperazine rings is 2. The molecular formula is C58H68Cl2N14O4. The number of amides is 2. The number of nitrogens with zero attached hydrogens (tertiary/aromatic N) is 13. The number of fused-ring (bicyclic) bond motifs is 4. The fourth-order valence-corrected chi connectivity index (χ4v) is 11.4. The van der Waals surface area contributed by atoms with Crippen LogP contribution in [0.2, 0.25) is 10.0 Å². The molecule has 0 radical (unpaired) electrons. The summed E-state index contributed by atoms with van der Waals surface area (Å²) in [6, 6.07) is 19.5. The third-order valence-electron chi connectivity index (χ3n) is 14.7. The molecule has 0 saturated carbocycles. The third-order valence-corrected chi connectivity index (χ3v) is 15.2. The molecule has 0 bridgehead atoms. The number of carbonyl (C=O) groups is 2. The van der Waals surface area contributed by atoms with Gasteiger partial charge in [-0.1, -0.05) is 52.6 Å². The fourth-order valence-electron chi connectivity index (χ4n) is 11.0. The molecule has 0 spiro atoms. The average Bonchev–Trinajstić information content (AvgIpc) is 4.09. The van der Waals surface area contributed by atoms with Crippen molar-refractivity contribution in [1.29, 1.82) is 0 Å². The van der Waals surface area contributed by atoms with Gasteiger partial charge in [-0.05, 0) is 154 Å². The van der Waals surface area contributed by atoms with Crippen molar-refractivity contribution in [3.63, 3.8) is 0 Å². The lowest BCUT2D eigenvalue weighted by molar-refractivity contribution is 0.0109. The zero-order valence-corrected chi connectivity index (χ0v) is 47.5. The van der Waals surface area contributed by atoms with Crippen molar-refractivity contribution in [3.05, 3.63) is 175 Å². The number of hydrogen-bond donors (Lipinski definition) is 1. The lowest BCUT2D eigenvalue weighted by Crippen LogP contribution is -2.51. The lowest BCUT2D eigenvalue weighted by atomic mass is 9.81. The summed E-state index contributed by atoms with van der Waals surface area (Å²) in [7, 11) is 3.83. The van der Waals surface area contributed by atoms with E-state index in [-0.39, 0.29) is 24.3 Å². The number of benzene rings is 2. The van der Waals surface area contributed by atoms with Gasteiger partial charge < -0.3 is 34.1 Å². The van der Waals surface area contributed by atoms with E-state index in [1.165, 1.54) is 0 Å². The number of rotatable bonds is 7. The monoisotopic (exact) mass is 1090 g/mol. The molecule has 2 saturated heterocycles. The molecule has 78 heavy (non-hydrogen) atoms. The molecule has 2 fully saturated rings. The van der Waals surface area contributed by atoms with Crippen LogP contribution in [0.25, 0.3) is 33.7 Å². The van der Waals surface area contributed by atoms with Gasteiger partial charge in [-0.25, -0.2) is 19.6 Å². The second-order valence-electron chi connectivity index (χ2n) is 22.6. The molecule has 4 aliphatic rings. The molecule has 6 aromatic rings. The predicted octanol–water partition coefficient (Wildman–Crippen LogP) is 11.0. The maximum atomic E-state index is 12.7. The van der Waals surface area contributed by atoms with Crippen LogP contribution in [-0.2, 0) is 34.6 Å². The molecule has 2 N–H and O–H groups in total. The van der Waals surface area contributed by atoms with Crippen LogP contribution in [0, 0.1) is 0 Å². The predicted molar refractivity (Wildman–Crippen MR) is 304 cm³/mol. The van der Waals surface area contributed by atoms with Crippen LogP contribution in [0.15, 0.2) is 103 Å². The smallest absolute Gasteiger partial charge is 0.410 e. The Balaban J connectivity index is 0.000000190. The highest BCUT2D eigenvalue weighted by Crippen LogP contribution is 2.49. The molecule has 4 aromatic heterocycles. The van der Waals surface area contributed by atoms with Crippen molar-refractivity contribution in [2.45, 2.75) is 89.8 Å². The zero-order chi connectivity index (χ0) is 55.9. The van der Waals surface area contributed by atoms with Gasteiger partial charge >= 0.3 is 12.2 Å². The Morgan fingerprint density at radius 3 is 1.47 bits per heavy atom. The van der Waals surface area contributed by atoms with E-state index in [1.807, 2.05) is 140 Å². The van der Waals surface area contributed by atoms with Crippen molar-refractivity contribution >= 4 is 58.7 Å². The summed E-state index contributed by atoms with van der Waals surface area (Å²) in [6.45, 7) is 20.0. The number of azide groups is 1. The van der Waals surface area contributed by atoms with Crippen molar-refractivity contribution in [1.82, 2.24) is 48.7 Å². The molecule has 2 aliphatic carbocycles. The minimum absolute atomic E-state index is 0.129. The lowest BCUT2D eigenvalue weighted by Gasteiger charge is -2.40. The zero-order valence-electron chi connectivity index (χ0n) is 46.0. The minimum atomic E-state index is -1.09. The number of hydrogen-bond acceptors (Lipinski definition) is 12. The largest absolute Gasteiger partial charge is 0.444 e. The Bertz CT molecular complexity index is 3330. The third kappa shape index (κ3) is 11.4. The second-order valence-corrected chi connectivity index (χ2v) is 23.5. The van der Waals surface area contributed by atoms with Crippen LogP contribution in [0.4, 0.5) is 9.59 Å². The molecule has 6 heterocycles. The number of carbonyl (C=O) groups excluding carboxylic acids is 2. The number of nitrogens with two attached hydrogens (primary N) is 1. The van der Waals surface area contributed by atoms with Gasteiger partial charge in [0.15, 0.2) is 0 Å². The molecule has 20 heteroatoms. The molecule has 4 atom stereocenters. The van der Waals surface area contributed by atoms with Crippen molar-refractivity contribution < 1.29 is 19.1 Å². The van der Waals surface area contributed by atoms with E-state index >= 15 is 0 Å². The highest BCUT2D eigenvalue weighted by molar-refractivity contribution is 6.31. The fraction of sp³-hybridized carbons (Fsp3) is 0.414. The first-order valence-corrected chi connectivity index (χ1v) is 26.9. The summed E-state index contributed by atoms with van der Waals surface area (Å²) in [5, 5.41) is 5.55. The summed E-state index contributed by atoms with van der Waals surface area (Å²) >= 11 is 13.2. The van der Waals surface area contributed by atoms with Crippen LogP contribution in [-0.4, -0.2) is 124 Å². The van der Waals surface area contributed by atoms with Gasteiger partial charge in [-0.15, -0.1) is 0 Å². The second kappa shape index (κ2) is 22.0. The van der Waals surface area contributed by atoms with Crippen molar-refractivity contribution in [2.75, 3.05) is 52.4 Å². The van der Waals surface area contributed by atoms with Gasteiger partial charge in [0, 0.05) is 100 Å². The van der Waals surface area contributed by atoms with E-state index in [0.717, 1.165) is 67.3 Å². The number of aryl methyl sites for hydroxylation is 2. The molecular weight excluding hydrogens is 1030 g/mol. The SMILES string of the molecule is Cn1cncc1C(C)(N)C1=Cc2cccnc2C(N2CCN(C(=O)OC(C)(C)C)CC2)c2ccc(Cl)cc21.Cn1cncc1C(C)(N=[N+]=[N-])C1=Cc2cccnc2C(N2CCN(C(=O)OC(C)(C)C)CC2)c2ccc(Cl)cc21. The topological polar surface area (TPSA) is 202 Å². The Morgan fingerprint density at radius 2 is 1.06 bits per heavy atom. The van der Waals surface area contributed by atoms with E-state index in [1.54, 1.807) is 34.8 Å². The van der Waals surface area contributed by atoms with E-state index < -0.39 is 22.3 Å². The van der Waals surface area contributed by atoms with E-state index in [9.17, 15) is 15.1 Å². The highest BCUT2D eigenvalue weighted by atomic mass is 35.5. The van der Waals surface area contributed by atoms with Crippen LogP contribution >= 0.6 is 23.2 Å². The summed E-state index contributed by atoms with van der Waals surface area (Å²) in [4.78, 5) is 55.3. The van der Waals surface area contributed by atoms with Gasteiger partial charge in [0.1, 0.15) is 16.7 Å². The van der Waals surface area contributed by atoms with Crippen LogP contribution in [0.5, 0.6) is 0 Å². The molecule has 2 amide bonds. The number of imidazole rings is 2. The Kier molecular flexibility index (Phi) is 15.7. The maximum absolute atomic E-state index is 12.7. The van der Waals surface area contributed by atoms with Gasteiger partial charge in [-0.3, -0.25) is 19.8 Å². The summed E-state index contributed by atoms with van der Waals surface area (Å²) < 4.78 is 15.0.